The number of benzene rings is 1. The van der Waals surface area contributed by atoms with Crippen molar-refractivity contribution in [3.63, 3.8) is 0 Å². The molecule has 0 bridgehead atoms. The van der Waals surface area contributed by atoms with Gasteiger partial charge in [-0.15, -0.1) is 0 Å². The van der Waals surface area contributed by atoms with Gasteiger partial charge < -0.3 is 10.4 Å². The van der Waals surface area contributed by atoms with Gasteiger partial charge >= 0.3 is 5.97 Å². The number of amides is 1. The van der Waals surface area contributed by atoms with Crippen molar-refractivity contribution in [2.45, 2.75) is 31.2 Å². The summed E-state index contributed by atoms with van der Waals surface area (Å²) in [6, 6.07) is 2.22. The molecule has 0 saturated carbocycles. The molecule has 0 radical (unpaired) electrons. The lowest BCUT2D eigenvalue weighted by molar-refractivity contribution is -0.137. The normalized spacial score (nSPS) is 12.7. The van der Waals surface area contributed by atoms with Crippen LogP contribution in [0.5, 0.6) is 0 Å². The predicted octanol–water partition coefficient (Wildman–Crippen LogP) is 0.926. The van der Waals surface area contributed by atoms with Crippen LogP contribution in [0.4, 0.5) is 10.1 Å². The van der Waals surface area contributed by atoms with E-state index in [9.17, 15) is 22.4 Å². The van der Waals surface area contributed by atoms with Gasteiger partial charge in [0.2, 0.25) is 15.9 Å². The van der Waals surface area contributed by atoms with E-state index >= 15 is 0 Å². The Morgan fingerprint density at radius 1 is 1.38 bits per heavy atom. The van der Waals surface area contributed by atoms with E-state index < -0.39 is 45.1 Å². The Labute approximate surface area is 121 Å². The number of sulfonamides is 1. The van der Waals surface area contributed by atoms with Crippen molar-refractivity contribution >= 4 is 27.6 Å². The number of hydrogen-bond donors (Lipinski definition) is 3. The molecule has 0 fully saturated rings. The molecule has 0 spiro atoms. The highest BCUT2D eigenvalue weighted by Gasteiger charge is 2.22. The van der Waals surface area contributed by atoms with E-state index in [0.717, 1.165) is 12.1 Å². The van der Waals surface area contributed by atoms with Gasteiger partial charge in [-0.25, -0.2) is 17.5 Å². The number of anilines is 1. The fourth-order valence-corrected chi connectivity index (χ4v) is 2.93. The van der Waals surface area contributed by atoms with Gasteiger partial charge in [0, 0.05) is 18.7 Å². The van der Waals surface area contributed by atoms with Gasteiger partial charge in [-0.3, -0.25) is 9.59 Å². The van der Waals surface area contributed by atoms with Crippen LogP contribution in [0.3, 0.4) is 0 Å². The van der Waals surface area contributed by atoms with Crippen LogP contribution in [0.25, 0.3) is 0 Å². The summed E-state index contributed by atoms with van der Waals surface area (Å²) >= 11 is 0. The summed E-state index contributed by atoms with van der Waals surface area (Å²) < 4.78 is 39.8. The zero-order valence-corrected chi connectivity index (χ0v) is 12.2. The van der Waals surface area contributed by atoms with E-state index in [1.807, 2.05) is 0 Å². The summed E-state index contributed by atoms with van der Waals surface area (Å²) in [7, 11) is -4.18. The first-order chi connectivity index (χ1) is 9.61. The molecule has 21 heavy (non-hydrogen) atoms. The first kappa shape index (κ1) is 17.1. The highest BCUT2D eigenvalue weighted by atomic mass is 32.2. The Morgan fingerprint density at radius 3 is 2.48 bits per heavy atom. The number of nitrogens with one attached hydrogen (secondary N) is 2. The molecule has 1 atom stereocenters. The monoisotopic (exact) mass is 318 g/mol. The minimum atomic E-state index is -4.18. The van der Waals surface area contributed by atoms with Crippen molar-refractivity contribution in [1.82, 2.24) is 4.72 Å². The fraction of sp³-hybridized carbons (Fsp3) is 0.333. The average Bonchev–Trinajstić information content (AvgIpc) is 2.24. The number of carboxylic acid groups (broad SMARTS) is 1. The summed E-state index contributed by atoms with van der Waals surface area (Å²) in [5.41, 5.74) is 0.123. The second-order valence-corrected chi connectivity index (χ2v) is 6.13. The second kappa shape index (κ2) is 6.64. The first-order valence-electron chi connectivity index (χ1n) is 5.93. The standard InChI is InChI=1S/C12H15FN2O5S/c1-7(5-12(17)18)15-21(19,20)11-4-3-9(6-10(11)13)14-8(2)16/h3-4,6-7,15H,5H2,1-2H3,(H,14,16)(H,17,18). The van der Waals surface area contributed by atoms with Gasteiger partial charge in [-0.05, 0) is 25.1 Å². The van der Waals surface area contributed by atoms with E-state index in [0.29, 0.717) is 0 Å². The number of rotatable bonds is 6. The molecule has 7 nitrogen and oxygen atoms in total. The maximum atomic E-state index is 13.8. The number of aliphatic carboxylic acids is 1. The van der Waals surface area contributed by atoms with Gasteiger partial charge in [-0.1, -0.05) is 0 Å². The quantitative estimate of drug-likeness (QED) is 0.722. The molecule has 0 saturated heterocycles. The van der Waals surface area contributed by atoms with Crippen molar-refractivity contribution in [2.75, 3.05) is 5.32 Å². The Bertz CT molecular complexity index is 660. The lowest BCUT2D eigenvalue weighted by Crippen LogP contribution is -2.34. The van der Waals surface area contributed by atoms with Crippen molar-refractivity contribution < 1.29 is 27.5 Å². The molecule has 0 aliphatic rings. The number of halogens is 1. The number of hydrogen-bond acceptors (Lipinski definition) is 4. The molecule has 116 valence electrons. The summed E-state index contributed by atoms with van der Waals surface area (Å²) in [5, 5.41) is 10.9. The molecule has 0 heterocycles. The summed E-state index contributed by atoms with van der Waals surface area (Å²) in [6.45, 7) is 2.59. The van der Waals surface area contributed by atoms with Crippen molar-refractivity contribution in [2.24, 2.45) is 0 Å². The van der Waals surface area contributed by atoms with Crippen molar-refractivity contribution in [1.29, 1.82) is 0 Å². The molecule has 0 aromatic heterocycles. The third-order valence-electron chi connectivity index (χ3n) is 2.38. The highest BCUT2D eigenvalue weighted by Crippen LogP contribution is 2.19. The summed E-state index contributed by atoms with van der Waals surface area (Å²) in [6.07, 6.45) is -0.426. The Hall–Kier alpha value is -2.00. The zero-order chi connectivity index (χ0) is 16.2. The molecule has 1 rings (SSSR count). The molecule has 1 amide bonds. The molecule has 3 N–H and O–H groups in total. The van der Waals surface area contributed by atoms with Crippen LogP contribution in [-0.4, -0.2) is 31.4 Å². The van der Waals surface area contributed by atoms with Crippen LogP contribution in [0, 0.1) is 5.82 Å². The predicted molar refractivity (Wildman–Crippen MR) is 72.7 cm³/mol. The Kier molecular flexibility index (Phi) is 5.39. The largest absolute Gasteiger partial charge is 0.481 e. The third-order valence-corrected chi connectivity index (χ3v) is 4.00. The van der Waals surface area contributed by atoms with E-state index in [4.69, 9.17) is 5.11 Å². The van der Waals surface area contributed by atoms with Crippen molar-refractivity contribution in [3.05, 3.63) is 24.0 Å². The summed E-state index contributed by atoms with van der Waals surface area (Å²) in [5.74, 6) is -2.64. The highest BCUT2D eigenvalue weighted by molar-refractivity contribution is 7.89. The molecule has 1 aromatic rings. The van der Waals surface area contributed by atoms with Crippen molar-refractivity contribution in [3.8, 4) is 0 Å². The van der Waals surface area contributed by atoms with Gasteiger partial charge in [0.25, 0.3) is 0 Å². The van der Waals surface area contributed by atoms with E-state index in [1.165, 1.54) is 19.9 Å². The lowest BCUT2D eigenvalue weighted by atomic mass is 10.3. The lowest BCUT2D eigenvalue weighted by Gasteiger charge is -2.13. The van der Waals surface area contributed by atoms with E-state index in [1.54, 1.807) is 0 Å². The molecule has 1 aromatic carbocycles. The molecule has 1 unspecified atom stereocenters. The maximum absolute atomic E-state index is 13.8. The average molecular weight is 318 g/mol. The minimum Gasteiger partial charge on any atom is -0.481 e. The van der Waals surface area contributed by atoms with Crippen LogP contribution in [0.2, 0.25) is 0 Å². The smallest absolute Gasteiger partial charge is 0.304 e. The third kappa shape index (κ3) is 5.12. The molecular formula is C12H15FN2O5S. The van der Waals surface area contributed by atoms with Crippen LogP contribution in [0.15, 0.2) is 23.1 Å². The minimum absolute atomic E-state index is 0.123. The number of carbonyl (C=O) groups is 2. The summed E-state index contributed by atoms with van der Waals surface area (Å²) in [4.78, 5) is 20.7. The van der Waals surface area contributed by atoms with Gasteiger partial charge in [-0.2, -0.15) is 0 Å². The SMILES string of the molecule is CC(=O)Nc1ccc(S(=O)(=O)NC(C)CC(=O)O)c(F)c1. The van der Waals surface area contributed by atoms with Crippen LogP contribution in [0.1, 0.15) is 20.3 Å². The number of carbonyl (C=O) groups excluding carboxylic acids is 1. The van der Waals surface area contributed by atoms with E-state index in [2.05, 4.69) is 10.0 Å². The molecule has 0 aliphatic heterocycles. The topological polar surface area (TPSA) is 113 Å². The molecule has 0 aliphatic carbocycles. The van der Waals surface area contributed by atoms with E-state index in [-0.39, 0.29) is 5.69 Å². The van der Waals surface area contributed by atoms with Gasteiger partial charge in [0.1, 0.15) is 10.7 Å². The maximum Gasteiger partial charge on any atom is 0.304 e. The first-order valence-corrected chi connectivity index (χ1v) is 7.41. The van der Waals surface area contributed by atoms with Crippen LogP contribution < -0.4 is 10.0 Å². The Balaban J connectivity index is 2.98. The zero-order valence-electron chi connectivity index (χ0n) is 11.4. The molecule has 9 heteroatoms. The fourth-order valence-electron chi connectivity index (χ4n) is 1.63. The second-order valence-electron chi connectivity index (χ2n) is 4.45. The van der Waals surface area contributed by atoms with Gasteiger partial charge in [0.05, 0.1) is 6.42 Å². The van der Waals surface area contributed by atoms with Crippen LogP contribution in [-0.2, 0) is 19.6 Å². The van der Waals surface area contributed by atoms with Gasteiger partial charge in [0.15, 0.2) is 0 Å². The molecular weight excluding hydrogens is 303 g/mol. The van der Waals surface area contributed by atoms with Crippen LogP contribution >= 0.6 is 0 Å². The Morgan fingerprint density at radius 2 is 2.00 bits per heavy atom. The number of carboxylic acids is 1.